The van der Waals surface area contributed by atoms with Crippen molar-refractivity contribution in [1.82, 2.24) is 5.32 Å². The molecule has 0 atom stereocenters. The normalized spacial score (nSPS) is 14.2. The second kappa shape index (κ2) is 6.91. The summed E-state index contributed by atoms with van der Waals surface area (Å²) >= 11 is 1.58. The van der Waals surface area contributed by atoms with E-state index in [2.05, 4.69) is 5.32 Å². The van der Waals surface area contributed by atoms with Gasteiger partial charge in [-0.05, 0) is 44.6 Å². The fourth-order valence-electron chi connectivity index (χ4n) is 2.44. The summed E-state index contributed by atoms with van der Waals surface area (Å²) in [6, 6.07) is 0. The van der Waals surface area contributed by atoms with Crippen molar-refractivity contribution in [3.8, 4) is 0 Å². The lowest BCUT2D eigenvalue weighted by atomic mass is 9.95. The van der Waals surface area contributed by atoms with Gasteiger partial charge in [-0.15, -0.1) is 11.3 Å². The number of fused-ring (bicyclic) bond motifs is 1. The molecule has 106 valence electrons. The molecule has 2 rings (SSSR count). The van der Waals surface area contributed by atoms with Crippen LogP contribution in [0.15, 0.2) is 0 Å². The molecule has 1 aliphatic carbocycles. The van der Waals surface area contributed by atoms with Crippen LogP contribution in [0.4, 0.5) is 5.00 Å². The van der Waals surface area contributed by atoms with Crippen LogP contribution < -0.4 is 11.1 Å². The Hall–Kier alpha value is -1.07. The molecule has 1 aromatic heterocycles. The van der Waals surface area contributed by atoms with Crippen LogP contribution in [0.3, 0.4) is 0 Å². The molecule has 19 heavy (non-hydrogen) atoms. The monoisotopic (exact) mass is 282 g/mol. The molecule has 0 spiro atoms. The van der Waals surface area contributed by atoms with Crippen molar-refractivity contribution < 1.29 is 9.53 Å². The third kappa shape index (κ3) is 3.48. The Morgan fingerprint density at radius 3 is 3.00 bits per heavy atom. The number of nitrogens with two attached hydrogens (primary N) is 1. The molecule has 0 fully saturated rings. The van der Waals surface area contributed by atoms with Crippen LogP contribution in [0, 0.1) is 0 Å². The first-order valence-electron chi connectivity index (χ1n) is 7.00. The van der Waals surface area contributed by atoms with Crippen LogP contribution in [-0.4, -0.2) is 25.7 Å². The van der Waals surface area contributed by atoms with E-state index in [4.69, 9.17) is 10.5 Å². The number of aryl methyl sites for hydroxylation is 1. The van der Waals surface area contributed by atoms with Crippen molar-refractivity contribution in [2.75, 3.05) is 25.5 Å². The van der Waals surface area contributed by atoms with Gasteiger partial charge in [0.25, 0.3) is 5.91 Å². The molecule has 0 bridgehead atoms. The molecule has 4 nitrogen and oxygen atoms in total. The first-order valence-corrected chi connectivity index (χ1v) is 7.81. The summed E-state index contributed by atoms with van der Waals surface area (Å²) in [5.41, 5.74) is 7.93. The number of thiophene rings is 1. The molecule has 0 radical (unpaired) electrons. The maximum Gasteiger partial charge on any atom is 0.254 e. The van der Waals surface area contributed by atoms with Crippen LogP contribution in [0.25, 0.3) is 0 Å². The summed E-state index contributed by atoms with van der Waals surface area (Å²) in [5, 5.41) is 3.62. The maximum absolute atomic E-state index is 12.2. The first-order chi connectivity index (χ1) is 9.24. The number of nitrogen functional groups attached to an aromatic ring is 1. The molecule has 1 aromatic rings. The van der Waals surface area contributed by atoms with Gasteiger partial charge in [0.15, 0.2) is 0 Å². The number of ether oxygens (including phenoxy) is 1. The maximum atomic E-state index is 12.2. The highest BCUT2D eigenvalue weighted by Crippen LogP contribution is 2.36. The van der Waals surface area contributed by atoms with E-state index >= 15 is 0 Å². The Morgan fingerprint density at radius 2 is 2.21 bits per heavy atom. The molecule has 1 heterocycles. The third-order valence-electron chi connectivity index (χ3n) is 3.38. The Morgan fingerprint density at radius 1 is 1.42 bits per heavy atom. The number of carbonyl (C=O) groups excluding carboxylic acids is 1. The molecule has 1 amide bonds. The number of rotatable bonds is 6. The first kappa shape index (κ1) is 14.3. The number of nitrogens with one attached hydrogen (secondary N) is 1. The Kier molecular flexibility index (Phi) is 5.22. The number of carbonyl (C=O) groups is 1. The molecular weight excluding hydrogens is 260 g/mol. The Labute approximate surface area is 118 Å². The van der Waals surface area contributed by atoms with E-state index in [0.29, 0.717) is 18.2 Å². The summed E-state index contributed by atoms with van der Waals surface area (Å²) in [5.74, 6) is -0.0200. The van der Waals surface area contributed by atoms with Crippen molar-refractivity contribution in [3.05, 3.63) is 16.0 Å². The second-order valence-corrected chi connectivity index (χ2v) is 5.89. The minimum atomic E-state index is -0.0200. The number of hydrogen-bond donors (Lipinski definition) is 2. The molecule has 3 N–H and O–H groups in total. The molecular formula is C14H22N2O2S. The highest BCUT2D eigenvalue weighted by molar-refractivity contribution is 7.16. The van der Waals surface area contributed by atoms with Gasteiger partial charge in [0.1, 0.15) is 0 Å². The van der Waals surface area contributed by atoms with E-state index in [1.54, 1.807) is 11.3 Å². The number of anilines is 1. The van der Waals surface area contributed by atoms with E-state index in [1.165, 1.54) is 16.9 Å². The number of hydrogen-bond acceptors (Lipinski definition) is 4. The smallest absolute Gasteiger partial charge is 0.254 e. The Bertz CT molecular complexity index is 443. The van der Waals surface area contributed by atoms with Crippen LogP contribution in [-0.2, 0) is 17.6 Å². The lowest BCUT2D eigenvalue weighted by molar-refractivity contribution is 0.0944. The predicted octanol–water partition coefficient (Wildman–Crippen LogP) is 2.37. The van der Waals surface area contributed by atoms with Crippen molar-refractivity contribution >= 4 is 22.2 Å². The van der Waals surface area contributed by atoms with Gasteiger partial charge in [-0.1, -0.05) is 0 Å². The van der Waals surface area contributed by atoms with Gasteiger partial charge in [0, 0.05) is 24.6 Å². The summed E-state index contributed by atoms with van der Waals surface area (Å²) < 4.78 is 5.25. The highest BCUT2D eigenvalue weighted by atomic mass is 32.1. The van der Waals surface area contributed by atoms with Crippen molar-refractivity contribution in [1.29, 1.82) is 0 Å². The van der Waals surface area contributed by atoms with Gasteiger partial charge < -0.3 is 15.8 Å². The third-order valence-corrected chi connectivity index (χ3v) is 4.50. The standard InChI is InChI=1S/C14H22N2O2S/c1-2-18-9-5-8-16-14(17)12-10-6-3-4-7-11(10)19-13(12)15/h2-9,15H2,1H3,(H,16,17). The van der Waals surface area contributed by atoms with E-state index in [1.807, 2.05) is 6.92 Å². The second-order valence-electron chi connectivity index (χ2n) is 4.76. The minimum absolute atomic E-state index is 0.0200. The van der Waals surface area contributed by atoms with Gasteiger partial charge in [0.05, 0.1) is 10.6 Å². The van der Waals surface area contributed by atoms with Crippen LogP contribution in [0.1, 0.15) is 47.0 Å². The minimum Gasteiger partial charge on any atom is -0.390 e. The quantitative estimate of drug-likeness (QED) is 0.787. The topological polar surface area (TPSA) is 64.3 Å². The fourth-order valence-corrected chi connectivity index (χ4v) is 3.60. The summed E-state index contributed by atoms with van der Waals surface area (Å²) in [6.07, 6.45) is 5.27. The van der Waals surface area contributed by atoms with Crippen LogP contribution >= 0.6 is 11.3 Å². The van der Waals surface area contributed by atoms with E-state index < -0.39 is 0 Å². The molecule has 5 heteroatoms. The average molecular weight is 282 g/mol. The zero-order valence-corrected chi connectivity index (χ0v) is 12.3. The summed E-state index contributed by atoms with van der Waals surface area (Å²) in [6.45, 7) is 4.02. The summed E-state index contributed by atoms with van der Waals surface area (Å²) in [7, 11) is 0. The van der Waals surface area contributed by atoms with Crippen LogP contribution in [0.5, 0.6) is 0 Å². The van der Waals surface area contributed by atoms with Gasteiger partial charge >= 0.3 is 0 Å². The van der Waals surface area contributed by atoms with Crippen molar-refractivity contribution in [2.24, 2.45) is 0 Å². The molecule has 1 aliphatic rings. The molecule has 0 aromatic carbocycles. The largest absolute Gasteiger partial charge is 0.390 e. The van der Waals surface area contributed by atoms with Gasteiger partial charge in [0.2, 0.25) is 0 Å². The van der Waals surface area contributed by atoms with Crippen molar-refractivity contribution in [2.45, 2.75) is 39.0 Å². The predicted molar refractivity (Wildman–Crippen MR) is 78.8 cm³/mol. The Balaban J connectivity index is 1.93. The van der Waals surface area contributed by atoms with Crippen molar-refractivity contribution in [3.63, 3.8) is 0 Å². The average Bonchev–Trinajstić information content (AvgIpc) is 2.74. The molecule has 0 saturated carbocycles. The van der Waals surface area contributed by atoms with Gasteiger partial charge in [-0.25, -0.2) is 0 Å². The van der Waals surface area contributed by atoms with Crippen LogP contribution in [0.2, 0.25) is 0 Å². The molecule has 0 unspecified atom stereocenters. The highest BCUT2D eigenvalue weighted by Gasteiger charge is 2.23. The summed E-state index contributed by atoms with van der Waals surface area (Å²) in [4.78, 5) is 13.5. The van der Waals surface area contributed by atoms with E-state index in [0.717, 1.165) is 37.9 Å². The SMILES string of the molecule is CCOCCCNC(=O)c1c(N)sc2c1CCCC2. The molecule has 0 saturated heterocycles. The lowest BCUT2D eigenvalue weighted by Crippen LogP contribution is -2.26. The van der Waals surface area contributed by atoms with E-state index in [-0.39, 0.29) is 5.91 Å². The number of amides is 1. The zero-order valence-electron chi connectivity index (χ0n) is 11.5. The lowest BCUT2D eigenvalue weighted by Gasteiger charge is -2.12. The fraction of sp³-hybridized carbons (Fsp3) is 0.643. The van der Waals surface area contributed by atoms with E-state index in [9.17, 15) is 4.79 Å². The zero-order chi connectivity index (χ0) is 13.7. The molecule has 0 aliphatic heterocycles. The van der Waals surface area contributed by atoms with Gasteiger partial charge in [-0.3, -0.25) is 4.79 Å². The van der Waals surface area contributed by atoms with Gasteiger partial charge in [-0.2, -0.15) is 0 Å².